The first-order valence-corrected chi connectivity index (χ1v) is 8.72. The summed E-state index contributed by atoms with van der Waals surface area (Å²) >= 11 is 0. The minimum absolute atomic E-state index is 0.299. The Morgan fingerprint density at radius 2 is 1.84 bits per heavy atom. The Hall–Kier alpha value is -2.81. The van der Waals surface area contributed by atoms with Crippen molar-refractivity contribution in [1.29, 1.82) is 0 Å². The largest absolute Gasteiger partial charge is 0.463 e. The summed E-state index contributed by atoms with van der Waals surface area (Å²) in [7, 11) is 0. The quantitative estimate of drug-likeness (QED) is 0.440. The molecule has 0 saturated carbocycles. The highest BCUT2D eigenvalue weighted by atomic mass is 16.4. The second kappa shape index (κ2) is 6.25. The Bertz CT molecular complexity index is 1100. The van der Waals surface area contributed by atoms with Gasteiger partial charge in [-0.3, -0.25) is 0 Å². The summed E-state index contributed by atoms with van der Waals surface area (Å²) in [4.78, 5) is 11.9. The molecule has 2 aromatic heterocycles. The number of rotatable bonds is 4. The molecule has 0 atom stereocenters. The van der Waals surface area contributed by atoms with Crippen LogP contribution < -0.4 is 5.63 Å². The predicted octanol–water partition coefficient (Wildman–Crippen LogP) is 5.86. The third kappa shape index (κ3) is 2.66. The molecule has 2 heterocycles. The van der Waals surface area contributed by atoms with Crippen molar-refractivity contribution >= 4 is 21.9 Å². The van der Waals surface area contributed by atoms with Crippen molar-refractivity contribution in [2.45, 2.75) is 33.1 Å². The molecule has 0 bridgehead atoms. The zero-order valence-electron chi connectivity index (χ0n) is 14.5. The molecule has 25 heavy (non-hydrogen) atoms. The Morgan fingerprint density at radius 1 is 1.04 bits per heavy atom. The molecule has 0 aliphatic rings. The molecule has 0 radical (unpaired) electrons. The molecule has 0 spiro atoms. The van der Waals surface area contributed by atoms with Crippen molar-refractivity contribution < 1.29 is 8.83 Å². The smallest absolute Gasteiger partial charge is 0.336 e. The molecule has 0 amide bonds. The van der Waals surface area contributed by atoms with Crippen molar-refractivity contribution in [3.05, 3.63) is 70.3 Å². The van der Waals surface area contributed by atoms with Gasteiger partial charge in [0.2, 0.25) is 0 Å². The average Bonchev–Trinajstić information content (AvgIpc) is 3.05. The molecule has 0 fully saturated rings. The van der Waals surface area contributed by atoms with Crippen LogP contribution in [0.4, 0.5) is 0 Å². The van der Waals surface area contributed by atoms with Gasteiger partial charge in [-0.1, -0.05) is 43.7 Å². The normalized spacial score (nSPS) is 11.4. The lowest BCUT2D eigenvalue weighted by Gasteiger charge is -2.08. The fraction of sp³-hybridized carbons (Fsp3) is 0.227. The summed E-state index contributed by atoms with van der Waals surface area (Å²) in [5, 5.41) is 2.01. The van der Waals surface area contributed by atoms with E-state index in [2.05, 4.69) is 19.1 Å². The topological polar surface area (TPSA) is 43.4 Å². The van der Waals surface area contributed by atoms with Gasteiger partial charge in [0.15, 0.2) is 0 Å². The fourth-order valence-corrected chi connectivity index (χ4v) is 3.52. The van der Waals surface area contributed by atoms with Gasteiger partial charge < -0.3 is 8.83 Å². The molecule has 126 valence electrons. The van der Waals surface area contributed by atoms with E-state index in [-0.39, 0.29) is 5.63 Å². The molecular weight excluding hydrogens is 312 g/mol. The second-order valence-electron chi connectivity index (χ2n) is 6.48. The van der Waals surface area contributed by atoms with Crippen LogP contribution in [-0.2, 0) is 6.42 Å². The standard InChI is InChI=1S/C22H20O3/c1-3-4-8-16-12-19(23)25-18-11-14(2)20-17(13-24-22(20)21(16)18)15-9-6-5-7-10-15/h5-7,9-13H,3-4,8H2,1-2H3. The molecule has 0 aliphatic carbocycles. The van der Waals surface area contributed by atoms with Gasteiger partial charge >= 0.3 is 5.63 Å². The number of hydrogen-bond donors (Lipinski definition) is 0. The van der Waals surface area contributed by atoms with Crippen molar-refractivity contribution in [2.24, 2.45) is 0 Å². The molecule has 3 heteroatoms. The Morgan fingerprint density at radius 3 is 2.60 bits per heavy atom. The van der Waals surface area contributed by atoms with Crippen LogP contribution in [0.1, 0.15) is 30.9 Å². The monoisotopic (exact) mass is 332 g/mol. The Kier molecular flexibility index (Phi) is 3.92. The molecule has 0 saturated heterocycles. The molecular formula is C22H20O3. The first-order chi connectivity index (χ1) is 12.2. The summed E-state index contributed by atoms with van der Waals surface area (Å²) in [5.74, 6) is 0. The lowest BCUT2D eigenvalue weighted by Crippen LogP contribution is -2.01. The number of furan rings is 1. The number of hydrogen-bond acceptors (Lipinski definition) is 3. The third-order valence-electron chi connectivity index (χ3n) is 4.71. The SMILES string of the molecule is CCCCc1cc(=O)oc2cc(C)c3c(-c4ccccc4)coc3c12. The van der Waals surface area contributed by atoms with Gasteiger partial charge in [-0.05, 0) is 42.5 Å². The van der Waals surface area contributed by atoms with Crippen LogP contribution in [0.2, 0.25) is 0 Å². The average molecular weight is 332 g/mol. The lowest BCUT2D eigenvalue weighted by atomic mass is 9.97. The van der Waals surface area contributed by atoms with Gasteiger partial charge in [-0.25, -0.2) is 4.79 Å². The highest BCUT2D eigenvalue weighted by Crippen LogP contribution is 2.38. The van der Waals surface area contributed by atoms with E-state index in [1.165, 1.54) is 0 Å². The van der Waals surface area contributed by atoms with E-state index in [1.54, 1.807) is 12.3 Å². The number of benzene rings is 2. The zero-order valence-corrected chi connectivity index (χ0v) is 14.5. The van der Waals surface area contributed by atoms with E-state index in [0.29, 0.717) is 5.58 Å². The van der Waals surface area contributed by atoms with Crippen molar-refractivity contribution in [3.8, 4) is 11.1 Å². The van der Waals surface area contributed by atoms with Gasteiger partial charge in [-0.15, -0.1) is 0 Å². The van der Waals surface area contributed by atoms with E-state index >= 15 is 0 Å². The Labute approximate surface area is 145 Å². The van der Waals surface area contributed by atoms with Crippen molar-refractivity contribution in [2.75, 3.05) is 0 Å². The van der Waals surface area contributed by atoms with Crippen LogP contribution in [0.25, 0.3) is 33.1 Å². The molecule has 0 unspecified atom stereocenters. The van der Waals surface area contributed by atoms with E-state index in [9.17, 15) is 4.79 Å². The first-order valence-electron chi connectivity index (χ1n) is 8.72. The third-order valence-corrected chi connectivity index (χ3v) is 4.71. The molecule has 2 aromatic carbocycles. The van der Waals surface area contributed by atoms with Crippen LogP contribution in [0.15, 0.2) is 62.4 Å². The van der Waals surface area contributed by atoms with Crippen LogP contribution in [-0.4, -0.2) is 0 Å². The van der Waals surface area contributed by atoms with Gasteiger partial charge in [0.05, 0.1) is 11.6 Å². The number of aryl methyl sites for hydroxylation is 2. The summed E-state index contributed by atoms with van der Waals surface area (Å²) in [6.45, 7) is 4.18. The second-order valence-corrected chi connectivity index (χ2v) is 6.48. The van der Waals surface area contributed by atoms with Crippen molar-refractivity contribution in [3.63, 3.8) is 0 Å². The van der Waals surface area contributed by atoms with E-state index in [4.69, 9.17) is 8.83 Å². The van der Waals surface area contributed by atoms with Gasteiger partial charge in [-0.2, -0.15) is 0 Å². The maximum atomic E-state index is 11.9. The van der Waals surface area contributed by atoms with Crippen LogP contribution >= 0.6 is 0 Å². The predicted molar refractivity (Wildman–Crippen MR) is 101 cm³/mol. The Balaban J connectivity index is 2.07. The highest BCUT2D eigenvalue weighted by Gasteiger charge is 2.18. The maximum absolute atomic E-state index is 11.9. The molecule has 4 rings (SSSR count). The highest BCUT2D eigenvalue weighted by molar-refractivity contribution is 6.10. The molecule has 0 aliphatic heterocycles. The van der Waals surface area contributed by atoms with Gasteiger partial charge in [0.25, 0.3) is 0 Å². The lowest BCUT2D eigenvalue weighted by molar-refractivity contribution is 0.556. The van der Waals surface area contributed by atoms with E-state index in [0.717, 1.165) is 57.9 Å². The number of fused-ring (bicyclic) bond motifs is 3. The van der Waals surface area contributed by atoms with Crippen LogP contribution in [0.3, 0.4) is 0 Å². The van der Waals surface area contributed by atoms with Crippen LogP contribution in [0.5, 0.6) is 0 Å². The first kappa shape index (κ1) is 15.7. The summed E-state index contributed by atoms with van der Waals surface area (Å²) in [6, 6.07) is 13.8. The van der Waals surface area contributed by atoms with E-state index in [1.807, 2.05) is 31.2 Å². The summed E-state index contributed by atoms with van der Waals surface area (Å²) in [6.07, 6.45) is 4.75. The van der Waals surface area contributed by atoms with Gasteiger partial charge in [0.1, 0.15) is 11.2 Å². The number of unbranched alkanes of at least 4 members (excludes halogenated alkanes) is 1. The molecule has 4 aromatic rings. The van der Waals surface area contributed by atoms with Gasteiger partial charge in [0, 0.05) is 17.0 Å². The molecule has 3 nitrogen and oxygen atoms in total. The van der Waals surface area contributed by atoms with E-state index < -0.39 is 0 Å². The maximum Gasteiger partial charge on any atom is 0.336 e. The zero-order chi connectivity index (χ0) is 17.4. The minimum atomic E-state index is -0.299. The van der Waals surface area contributed by atoms with Crippen molar-refractivity contribution in [1.82, 2.24) is 0 Å². The fourth-order valence-electron chi connectivity index (χ4n) is 3.52. The molecule has 0 N–H and O–H groups in total. The summed E-state index contributed by atoms with van der Waals surface area (Å²) in [5.41, 5.74) is 5.37. The summed E-state index contributed by atoms with van der Waals surface area (Å²) < 4.78 is 11.5. The van der Waals surface area contributed by atoms with Crippen LogP contribution in [0, 0.1) is 6.92 Å². The minimum Gasteiger partial charge on any atom is -0.463 e.